The van der Waals surface area contributed by atoms with Crippen LogP contribution in [0.2, 0.25) is 28.2 Å². The largest absolute Gasteiger partial charge is 0.444 e. The van der Waals surface area contributed by atoms with Gasteiger partial charge in [0.05, 0.1) is 97.9 Å². The van der Waals surface area contributed by atoms with Crippen LogP contribution in [0.3, 0.4) is 0 Å². The number of amides is 1. The average molecular weight is 1720 g/mol. The Morgan fingerprint density at radius 3 is 1.69 bits per heavy atom. The summed E-state index contributed by atoms with van der Waals surface area (Å²) in [5, 5.41) is 1.60. The smallest absolute Gasteiger partial charge is 0.412 e. The van der Waals surface area contributed by atoms with Crippen molar-refractivity contribution in [2.75, 3.05) is 26.9 Å². The number of rotatable bonds is 35. The molecule has 12 rings (SSSR count). The van der Waals surface area contributed by atoms with Crippen LogP contribution < -0.4 is 20.7 Å². The zero-order valence-electron chi connectivity index (χ0n) is 74.2. The van der Waals surface area contributed by atoms with Gasteiger partial charge >= 0.3 is 6.09 Å². The standard InChI is InChI=1S/C98H137NO17SSi3/c1-21-57-105-58-41-42-70-60-67(7)80(106-70)55-53-71-59-66(6)68(8)82(107-71)64-83-86(87(104-20)84(109-83)63-73-65-99(98(18,19)112-73)94(101)113-95(9,10)11)93(117(102,103)74-43-31-26-32-44-74)79(100)61-72-54-56-81-88(108-72)92(116-120(97(15,16)17,77-49-37-29-38-50-77)78-51-39-30-40-52-78)91-90(110-81)89(85(111-91)62-69(22-2)114-118(23-3,24-4)25-5)115-119(96(12,13)14,75-45-33-27-34-46-75)76-47-35-28-36-48-76/h21-22,26-52,66,69-73,80-93H,1-2,7-8,23-25,53-65H2,3-6,9-20H3/b42-41+/t66-,69-,70+,71+,72-,73+,80+,81+,82-,83+,84-,85-,86+,87+,88+,89+,90+,91-,92+,93-/m1/s1. The molecular formula is C98H137NO17SSi3. The van der Waals surface area contributed by atoms with E-state index < -0.39 is 165 Å². The molecule has 18 nitrogen and oxygen atoms in total. The van der Waals surface area contributed by atoms with Gasteiger partial charge in [-0.05, 0) is 145 Å². The molecule has 22 heteroatoms. The fourth-order valence-corrected chi connectivity index (χ4v) is 34.6. The molecule has 654 valence electrons. The SMILES string of the molecule is C=CCOC/C=C/[C@H]1CC(=C)[C@H](CC[C@H]2C[C@@H](C)C(=C)[C@@H](C[C@@H]3O[C@H](C[C@H]4CN(C(=O)OC(C)(C)C)C(C)(C)O4)[C@H](OC)[C@H]3[C@@H](C(=O)C[C@H]3CC[C@@H]4O[C@@H]5[C@@H](O[C@H](C[C@@H](C=C)O[Si](CC)(CC)CC)[C@@H]5O[Si](c5ccccc5)(c5ccccc5)C(C)(C)C)[C@@H](O[Si](c5ccccc5)(c5ccccc5)C(C)(C)C)[C@H]4O3)S(=O)(=O)c3ccccc3)O2)O1. The minimum absolute atomic E-state index is 0.00408. The highest BCUT2D eigenvalue weighted by atomic mass is 32.2. The summed E-state index contributed by atoms with van der Waals surface area (Å²) >= 11 is 0. The molecule has 120 heavy (non-hydrogen) atoms. The number of hydrogen-bond donors (Lipinski definition) is 0. The molecule has 0 N–H and O–H groups in total. The van der Waals surface area contributed by atoms with Crippen LogP contribution in [0.4, 0.5) is 4.79 Å². The van der Waals surface area contributed by atoms with E-state index in [-0.39, 0.29) is 54.9 Å². The van der Waals surface area contributed by atoms with Crippen molar-refractivity contribution >= 4 is 67.4 Å². The number of fused-ring (bicyclic) bond motifs is 2. The topological polar surface area (TPSA) is 192 Å². The zero-order chi connectivity index (χ0) is 86.3. The van der Waals surface area contributed by atoms with Gasteiger partial charge in [0.2, 0.25) is 0 Å². The lowest BCUT2D eigenvalue weighted by molar-refractivity contribution is -0.254. The molecule has 0 radical (unpaired) electrons. The van der Waals surface area contributed by atoms with Crippen molar-refractivity contribution in [2.24, 2.45) is 11.8 Å². The van der Waals surface area contributed by atoms with Gasteiger partial charge in [0, 0.05) is 45.1 Å². The molecule has 20 atom stereocenters. The quantitative estimate of drug-likeness (QED) is 0.0211. The van der Waals surface area contributed by atoms with Crippen LogP contribution in [-0.2, 0) is 75.3 Å². The molecule has 0 unspecified atom stereocenters. The Labute approximate surface area is 720 Å². The number of nitrogens with zero attached hydrogens (tertiary/aromatic N) is 1. The Bertz CT molecular complexity index is 4290. The Kier molecular flexibility index (Phi) is 30.4. The summed E-state index contributed by atoms with van der Waals surface area (Å²) in [5.74, 6) is -1.69. The van der Waals surface area contributed by atoms with Gasteiger partial charge in [0.25, 0.3) is 16.6 Å². The molecule has 1 amide bonds. The van der Waals surface area contributed by atoms with Gasteiger partial charge in [0.15, 0.2) is 23.9 Å². The van der Waals surface area contributed by atoms with E-state index in [9.17, 15) is 4.79 Å². The summed E-state index contributed by atoms with van der Waals surface area (Å²) in [6.45, 7) is 50.1. The summed E-state index contributed by atoms with van der Waals surface area (Å²) in [6.07, 6.45) is -0.0640. The van der Waals surface area contributed by atoms with Gasteiger partial charge in [-0.1, -0.05) is 246 Å². The molecule has 7 saturated heterocycles. The third kappa shape index (κ3) is 20.2. The fraction of sp³-hybridized carbons (Fsp3) is 0.571. The number of ether oxygens (including phenoxy) is 10. The van der Waals surface area contributed by atoms with Crippen LogP contribution in [0.5, 0.6) is 0 Å². The molecule has 0 saturated carbocycles. The number of ketones is 1. The van der Waals surface area contributed by atoms with Gasteiger partial charge < -0.3 is 60.6 Å². The second kappa shape index (κ2) is 39.2. The molecule has 0 spiro atoms. The average Bonchev–Trinajstić information content (AvgIpc) is 1.54. The minimum atomic E-state index is -4.64. The summed E-state index contributed by atoms with van der Waals surface area (Å²) in [7, 11) is -12.4. The van der Waals surface area contributed by atoms with Crippen LogP contribution in [0.15, 0.2) is 218 Å². The maximum atomic E-state index is 17.0. The first-order valence-corrected chi connectivity index (χ1v) is 52.0. The van der Waals surface area contributed by atoms with Crippen LogP contribution in [-0.4, -0.2) is 197 Å². The monoisotopic (exact) mass is 1720 g/mol. The number of benzene rings is 5. The van der Waals surface area contributed by atoms with E-state index >= 15 is 13.2 Å². The molecule has 0 aromatic heterocycles. The second-order valence-electron chi connectivity index (χ2n) is 37.9. The lowest BCUT2D eigenvalue weighted by atomic mass is 9.81. The summed E-state index contributed by atoms with van der Waals surface area (Å²) in [5.41, 5.74) is -0.0164. The van der Waals surface area contributed by atoms with Gasteiger partial charge in [-0.2, -0.15) is 0 Å². The van der Waals surface area contributed by atoms with E-state index in [2.05, 4.69) is 205 Å². The summed E-state index contributed by atoms with van der Waals surface area (Å²) in [6, 6.07) is 53.7. The Morgan fingerprint density at radius 1 is 0.617 bits per heavy atom. The number of methoxy groups -OCH3 is 1. The van der Waals surface area contributed by atoms with Crippen molar-refractivity contribution < 1.29 is 78.7 Å². The third-order valence-electron chi connectivity index (χ3n) is 26.5. The van der Waals surface area contributed by atoms with Crippen molar-refractivity contribution in [3.8, 4) is 0 Å². The maximum Gasteiger partial charge on any atom is 0.412 e. The predicted molar refractivity (Wildman–Crippen MR) is 482 cm³/mol. The molecule has 7 aliphatic heterocycles. The fourth-order valence-electron chi connectivity index (χ4n) is 20.3. The number of carbonyl (C=O) groups excluding carboxylic acids is 2. The lowest BCUT2D eigenvalue weighted by Crippen LogP contribution is -2.73. The minimum Gasteiger partial charge on any atom is -0.444 e. The van der Waals surface area contributed by atoms with Crippen LogP contribution in [0.1, 0.15) is 168 Å². The van der Waals surface area contributed by atoms with Crippen molar-refractivity contribution in [2.45, 2.75) is 322 Å². The highest BCUT2D eigenvalue weighted by Crippen LogP contribution is 2.51. The van der Waals surface area contributed by atoms with Crippen molar-refractivity contribution in [1.29, 1.82) is 0 Å². The van der Waals surface area contributed by atoms with E-state index in [1.54, 1.807) is 48.4 Å². The molecule has 0 bridgehead atoms. The molecule has 0 aliphatic carbocycles. The van der Waals surface area contributed by atoms with E-state index in [1.165, 1.54) is 0 Å². The number of hydrogen-bond acceptors (Lipinski definition) is 17. The predicted octanol–water partition coefficient (Wildman–Crippen LogP) is 16.9. The number of Topliss-reactive ketones (excluding diaryl/α,β-unsaturated/α-hetero) is 1. The van der Waals surface area contributed by atoms with Gasteiger partial charge in [-0.25, -0.2) is 13.2 Å². The molecule has 7 aliphatic rings. The van der Waals surface area contributed by atoms with Gasteiger partial charge in [-0.3, -0.25) is 9.69 Å². The lowest BCUT2D eigenvalue weighted by Gasteiger charge is -2.53. The Balaban J connectivity index is 0.945. The Morgan fingerprint density at radius 2 is 1.17 bits per heavy atom. The maximum absolute atomic E-state index is 17.0. The van der Waals surface area contributed by atoms with Crippen LogP contribution in [0, 0.1) is 11.8 Å². The third-order valence-corrected chi connectivity index (χ3v) is 43.4. The first-order chi connectivity index (χ1) is 57.1. The van der Waals surface area contributed by atoms with Crippen molar-refractivity contribution in [3.05, 3.63) is 213 Å². The summed E-state index contributed by atoms with van der Waals surface area (Å²) in [4.78, 5) is 32.5. The first kappa shape index (κ1) is 93.0. The molecule has 5 aromatic carbocycles. The molecule has 7 heterocycles. The highest BCUT2D eigenvalue weighted by molar-refractivity contribution is 7.92. The normalized spacial score (nSPS) is 29.3. The van der Waals surface area contributed by atoms with E-state index in [0.29, 0.717) is 58.2 Å². The molecular weight excluding hydrogens is 1580 g/mol. The summed E-state index contributed by atoms with van der Waals surface area (Å²) < 4.78 is 127. The number of carbonyl (C=O) groups is 2. The second-order valence-corrected chi connectivity index (χ2v) is 53.2. The molecule has 5 aromatic rings. The van der Waals surface area contributed by atoms with Crippen LogP contribution in [0.25, 0.3) is 0 Å². The van der Waals surface area contributed by atoms with E-state index in [1.807, 2.05) is 65.0 Å². The van der Waals surface area contributed by atoms with Crippen LogP contribution >= 0.6 is 0 Å². The van der Waals surface area contributed by atoms with Crippen molar-refractivity contribution in [3.63, 3.8) is 0 Å². The Hall–Kier alpha value is -6.14. The highest BCUT2D eigenvalue weighted by Gasteiger charge is 2.66. The van der Waals surface area contributed by atoms with E-state index in [0.717, 1.165) is 50.0 Å². The van der Waals surface area contributed by atoms with Crippen molar-refractivity contribution in [1.82, 2.24) is 4.90 Å². The van der Waals surface area contributed by atoms with Gasteiger partial charge in [-0.15, -0.1) is 13.2 Å². The van der Waals surface area contributed by atoms with Gasteiger partial charge in [0.1, 0.15) is 47.1 Å². The van der Waals surface area contributed by atoms with E-state index in [4.69, 9.17) is 60.6 Å². The zero-order valence-corrected chi connectivity index (χ0v) is 78.0. The first-order valence-electron chi connectivity index (χ1n) is 44.1. The number of sulfone groups is 1. The molecule has 7 fully saturated rings.